The van der Waals surface area contributed by atoms with E-state index in [0.29, 0.717) is 133 Å². The van der Waals surface area contributed by atoms with Crippen molar-refractivity contribution in [1.82, 2.24) is 64.7 Å². The summed E-state index contributed by atoms with van der Waals surface area (Å²) in [5.41, 5.74) is 4.02. The molecule has 2 aromatic heterocycles. The second-order valence-electron chi connectivity index (χ2n) is 42.3. The number of aromatic nitrogens is 6. The molecule has 0 aliphatic carbocycles. The molecule has 38 nitrogen and oxygen atoms in total. The smallest absolute Gasteiger partial charge is 0.412 e. The summed E-state index contributed by atoms with van der Waals surface area (Å²) in [4.78, 5) is 122. The highest BCUT2D eigenvalue weighted by Crippen LogP contribution is 2.45. The van der Waals surface area contributed by atoms with Crippen LogP contribution < -0.4 is 21.7 Å². The Bertz CT molecular complexity index is 4640. The number of nitrogens with two attached hydrogens (primary N) is 1. The van der Waals surface area contributed by atoms with E-state index in [9.17, 15) is 48.6 Å². The lowest BCUT2D eigenvalue weighted by Gasteiger charge is -2.47. The Balaban J connectivity index is 0.000000373. The van der Waals surface area contributed by atoms with Crippen LogP contribution >= 0.6 is 0 Å². The molecule has 10 rings (SSSR count). The minimum atomic E-state index is -1.27. The largest absolute Gasteiger partial charge is 0.458 e. The van der Waals surface area contributed by atoms with Crippen molar-refractivity contribution in [3.05, 3.63) is 60.9 Å². The maximum atomic E-state index is 14.6. The second-order valence-corrected chi connectivity index (χ2v) is 42.3. The van der Waals surface area contributed by atoms with Gasteiger partial charge in [0.2, 0.25) is 0 Å². The average molecular weight is 1960 g/mol. The zero-order valence-corrected chi connectivity index (χ0v) is 86.7. The van der Waals surface area contributed by atoms with Crippen LogP contribution in [0, 0.1) is 35.5 Å². The Labute approximate surface area is 825 Å². The summed E-state index contributed by atoms with van der Waals surface area (Å²) in [5.74, 6) is -6.63. The minimum absolute atomic E-state index is 0. The number of carbonyl (C=O) groups is 8. The van der Waals surface area contributed by atoms with Crippen molar-refractivity contribution in [3.8, 4) is 22.5 Å². The Morgan fingerprint density at radius 2 is 0.978 bits per heavy atom. The van der Waals surface area contributed by atoms with Gasteiger partial charge in [-0.2, -0.15) is 0 Å². The molecule has 0 radical (unpaired) electrons. The number of unbranched alkanes of at least 4 members (excludes halogenated alkanes) is 2. The SMILES string of the molecule is C.C.CC[C@H]1OC(=O)[C@H](C)C(=O)[C@H](C)[C@@H](O[C@@H]2OC(CN(C)C)CC(N(C)C)C2O)[C@](C)(OC)C[C@@H](C)CN(C)[C@H](C)[C@H]2N(CCCCn3cc(-c4cccc(NC(=O)OC(C)(C)C)c4)nn3)C(=O)O[C@]12C.CC[C@H]1OC(=O)[C@H](C)C(=O)[C@H](C)[C@@H](O[C@@H]2OC(CN)CC(N(C)C)C2O)[C@](C)(OC)C[C@@H](C)CN[C@H](C)[C@H]2N(CCCCn3cc(-c4cccc(NC(=O)OC(C)(C)C)c4)nn3)C(=O)O[C@]12C. The number of fused-ring (bicyclic) bond motifs is 2. The summed E-state index contributed by atoms with van der Waals surface area (Å²) >= 11 is 0. The number of likely N-dealkylation sites (N-methyl/N-ethyl adjacent to an activating group) is 4. The van der Waals surface area contributed by atoms with Crippen LogP contribution in [0.15, 0.2) is 60.9 Å². The van der Waals surface area contributed by atoms with E-state index < -0.39 is 173 Å². The van der Waals surface area contributed by atoms with E-state index in [2.05, 4.69) is 62.2 Å². The number of methoxy groups -OCH3 is 2. The number of benzene rings is 2. The Kier molecular flexibility index (Phi) is 42.4. The number of Topliss-reactive ketones (excluding diaryl/α,β-unsaturated/α-hetero) is 2. The van der Waals surface area contributed by atoms with Gasteiger partial charge in [0.05, 0.1) is 60.1 Å². The number of anilines is 2. The topological polar surface area (TPSA) is 431 Å². The summed E-state index contributed by atoms with van der Waals surface area (Å²) < 4.78 is 78.2. The maximum Gasteiger partial charge on any atom is 0.412 e. The van der Waals surface area contributed by atoms with Crippen molar-refractivity contribution in [3.63, 3.8) is 0 Å². The molecule has 6 aliphatic rings. The number of cyclic esters (lactones) is 2. The number of ketones is 2. The van der Waals surface area contributed by atoms with E-state index in [1.807, 2.05) is 148 Å². The molecule has 2 aromatic carbocycles. The zero-order chi connectivity index (χ0) is 102. The molecule has 6 fully saturated rings. The summed E-state index contributed by atoms with van der Waals surface area (Å²) in [6.45, 7) is 40.4. The van der Waals surface area contributed by atoms with Gasteiger partial charge in [-0.3, -0.25) is 49.0 Å². The van der Waals surface area contributed by atoms with Gasteiger partial charge in [0.1, 0.15) is 58.8 Å². The van der Waals surface area contributed by atoms with Crippen molar-refractivity contribution >= 4 is 59.3 Å². The van der Waals surface area contributed by atoms with Crippen molar-refractivity contribution < 1.29 is 105 Å². The number of carbonyl (C=O) groups excluding carboxylic acids is 8. The fourth-order valence-corrected chi connectivity index (χ4v) is 20.7. The molecule has 6 aliphatic heterocycles. The monoisotopic (exact) mass is 1960 g/mol. The van der Waals surface area contributed by atoms with Crippen LogP contribution in [0.2, 0.25) is 0 Å². The summed E-state index contributed by atoms with van der Waals surface area (Å²) in [7, 11) is 16.7. The van der Waals surface area contributed by atoms with Crippen molar-refractivity contribution in [1.29, 1.82) is 0 Å². The number of amides is 4. The minimum Gasteiger partial charge on any atom is -0.458 e. The quantitative estimate of drug-likeness (QED) is 0.0140. The van der Waals surface area contributed by atoms with Gasteiger partial charge >= 0.3 is 36.3 Å². The van der Waals surface area contributed by atoms with Gasteiger partial charge in [-0.25, -0.2) is 19.2 Å². The molecule has 4 aromatic rings. The molecule has 8 heterocycles. The first kappa shape index (κ1) is 117. The lowest BCUT2D eigenvalue weighted by atomic mass is 9.78. The van der Waals surface area contributed by atoms with Crippen LogP contribution in [0.1, 0.15) is 218 Å². The highest BCUT2D eigenvalue weighted by molar-refractivity contribution is 6.01. The number of aryl methyl sites for hydroxylation is 2. The van der Waals surface area contributed by atoms with E-state index in [0.717, 1.165) is 11.1 Å². The Morgan fingerprint density at radius 3 is 1.37 bits per heavy atom. The van der Waals surface area contributed by atoms with Gasteiger partial charge in [0, 0.05) is 119 Å². The van der Waals surface area contributed by atoms with Gasteiger partial charge < -0.3 is 97.7 Å². The highest BCUT2D eigenvalue weighted by atomic mass is 16.7. The maximum absolute atomic E-state index is 14.6. The first-order chi connectivity index (χ1) is 64.2. The summed E-state index contributed by atoms with van der Waals surface area (Å²) in [5, 5.41) is 49.9. The molecule has 26 atom stereocenters. The van der Waals surface area contributed by atoms with Crippen LogP contribution in [0.25, 0.3) is 22.5 Å². The lowest BCUT2D eigenvalue weighted by Crippen LogP contribution is -2.61. The number of hydrogen-bond acceptors (Lipinski definition) is 32. The fourth-order valence-electron chi connectivity index (χ4n) is 20.7. The molecule has 7 N–H and O–H groups in total. The number of aliphatic hydroxyl groups is 2. The first-order valence-corrected chi connectivity index (χ1v) is 48.8. The summed E-state index contributed by atoms with van der Waals surface area (Å²) in [6, 6.07) is 12.3. The van der Waals surface area contributed by atoms with E-state index in [1.54, 1.807) is 121 Å². The van der Waals surface area contributed by atoms with E-state index >= 15 is 0 Å². The molecule has 6 saturated heterocycles. The average Bonchev–Trinajstić information content (AvgIpc) is 1.59. The standard InChI is InChI=1S/C51H84N8O11.C48H78N8O11.2CH4/c1-17-40-51(10)43(59(48(64)70-51)24-19-18-23-58-30-38(53-54-58)35-21-20-22-36(25-35)52-47(63)69-49(6,7)8)34(5)57(15)28-31(2)27-50(9,65-16)44(32(3)41(60)33(4)45(62)67-40)68-46-42(61)39(56(13)14)26-37(66-46)29-55(11)12;1-14-37-48(10)40(56(45(61)67-48)21-16-15-20-55-27-35(52-53-55)32-18-17-19-33(22-32)51-44(60)66-46(6,7)8)31(5)50-26-28(2)24-47(9,62-13)41(29(3)38(57)30(4)42(59)64-37)65-43-39(58)36(54(11)12)23-34(25-49)63-43;;/h20-22,25,30-34,37,39-40,42-44,46,61H,17-19,23-24,26-29H2,1-16H3,(H,52,63);17-19,22,27-31,34,36-37,39-41,43,50,58H,14-16,20-21,23-26,49H2,1-13H3,(H,51,60);2*1H4/t31-,32+,33-,34-,37?,39?,40-,42?,43-,44-,46+,50-,51-;28-,29+,30-,31-,34?,36?,37-,39?,40-,41-,43+,47-,48-;;/m11../s1. The highest BCUT2D eigenvalue weighted by Gasteiger charge is 2.62. The van der Waals surface area contributed by atoms with Crippen LogP contribution in [0.3, 0.4) is 0 Å². The van der Waals surface area contributed by atoms with Gasteiger partial charge in [-0.05, 0) is 253 Å². The third-order valence-corrected chi connectivity index (χ3v) is 28.0. The van der Waals surface area contributed by atoms with Crippen molar-refractivity contribution in [2.45, 2.75) is 362 Å². The molecule has 786 valence electrons. The molecule has 0 saturated carbocycles. The van der Waals surface area contributed by atoms with Crippen LogP contribution in [0.5, 0.6) is 0 Å². The van der Waals surface area contributed by atoms with Crippen molar-refractivity contribution in [2.24, 2.45) is 41.2 Å². The van der Waals surface area contributed by atoms with Gasteiger partial charge in [-0.1, -0.05) is 91.1 Å². The van der Waals surface area contributed by atoms with Gasteiger partial charge in [0.15, 0.2) is 35.3 Å². The van der Waals surface area contributed by atoms with Crippen molar-refractivity contribution in [2.75, 3.05) is 113 Å². The summed E-state index contributed by atoms with van der Waals surface area (Å²) in [6.07, 6.45) is -1.93. The predicted molar refractivity (Wildman–Crippen MR) is 529 cm³/mol. The number of nitrogens with one attached hydrogen (secondary N) is 3. The van der Waals surface area contributed by atoms with Gasteiger partial charge in [-0.15, -0.1) is 10.2 Å². The zero-order valence-electron chi connectivity index (χ0n) is 86.7. The lowest BCUT2D eigenvalue weighted by molar-refractivity contribution is -0.298. The molecule has 0 bridgehead atoms. The Morgan fingerprint density at radius 1 is 0.583 bits per heavy atom. The van der Waals surface area contributed by atoms with Crippen LogP contribution in [0.4, 0.5) is 30.6 Å². The molecule has 0 spiro atoms. The fraction of sp³-hybridized carbons (Fsp3) is 0.762. The molecule has 139 heavy (non-hydrogen) atoms. The predicted octanol–water partition coefficient (Wildman–Crippen LogP) is 12.2. The number of aliphatic hydroxyl groups excluding tert-OH is 2. The second kappa shape index (κ2) is 50.2. The molecule has 38 heteroatoms. The number of rotatable bonds is 27. The molecular formula is C101H170N16O22. The first-order valence-electron chi connectivity index (χ1n) is 48.8. The third-order valence-electron chi connectivity index (χ3n) is 28.0. The van der Waals surface area contributed by atoms with Gasteiger partial charge in [0.25, 0.3) is 0 Å². The van der Waals surface area contributed by atoms with Crippen LogP contribution in [-0.4, -0.2) is 352 Å². The number of esters is 2. The van der Waals surface area contributed by atoms with E-state index in [-0.39, 0.29) is 63.5 Å². The molecule has 6 unspecified atom stereocenters. The molecular weight excluding hydrogens is 1790 g/mol. The number of nitrogens with zero attached hydrogens (tertiary/aromatic N) is 12. The van der Waals surface area contributed by atoms with Crippen LogP contribution in [-0.2, 0) is 89.1 Å². The number of hydrogen-bond donors (Lipinski definition) is 6. The van der Waals surface area contributed by atoms with E-state index in [1.165, 1.54) is 6.92 Å². The number of ether oxygens (including phenoxy) is 12. The molecule has 4 amide bonds. The van der Waals surface area contributed by atoms with E-state index in [4.69, 9.17) is 62.6 Å². The Hall–Kier alpha value is -8.48. The normalized spacial score (nSPS) is 32.9. The third kappa shape index (κ3) is 29.7.